The average molecular weight is 397 g/mol. The highest BCUT2D eigenvalue weighted by Gasteiger charge is 2.25. The Morgan fingerprint density at radius 1 is 1.17 bits per heavy atom. The quantitative estimate of drug-likeness (QED) is 0.667. The van der Waals surface area contributed by atoms with E-state index in [1.54, 1.807) is 12.4 Å². The second-order valence-electron chi connectivity index (χ2n) is 7.20. The maximum atomic E-state index is 12.6. The van der Waals surface area contributed by atoms with Gasteiger partial charge in [0.25, 0.3) is 0 Å². The van der Waals surface area contributed by atoms with Gasteiger partial charge in [-0.3, -0.25) is 9.78 Å². The van der Waals surface area contributed by atoms with Gasteiger partial charge in [-0.05, 0) is 36.4 Å². The van der Waals surface area contributed by atoms with Gasteiger partial charge in [0.1, 0.15) is 12.4 Å². The molecule has 2 saturated heterocycles. The first-order valence-electron chi connectivity index (χ1n) is 10.0. The summed E-state index contributed by atoms with van der Waals surface area (Å²) in [5, 5.41) is 9.66. The van der Waals surface area contributed by atoms with Crippen molar-refractivity contribution in [3.63, 3.8) is 0 Å². The molecule has 3 N–H and O–H groups in total. The number of ether oxygens (including phenoxy) is 2. The van der Waals surface area contributed by atoms with E-state index in [-0.39, 0.29) is 18.0 Å². The summed E-state index contributed by atoms with van der Waals surface area (Å²) in [7, 11) is 0. The van der Waals surface area contributed by atoms with E-state index in [1.165, 1.54) is 0 Å². The smallest absolute Gasteiger partial charge is 0.242 e. The van der Waals surface area contributed by atoms with Crippen LogP contribution in [-0.2, 0) is 9.53 Å². The van der Waals surface area contributed by atoms with Crippen LogP contribution in [0, 0.1) is 0 Å². The third kappa shape index (κ3) is 5.44. The van der Waals surface area contributed by atoms with E-state index in [2.05, 4.69) is 25.8 Å². The Morgan fingerprint density at radius 3 is 2.69 bits per heavy atom. The lowest BCUT2D eigenvalue weighted by Gasteiger charge is -2.30. The van der Waals surface area contributed by atoms with Crippen molar-refractivity contribution >= 4 is 17.3 Å². The van der Waals surface area contributed by atoms with Crippen molar-refractivity contribution in [1.82, 2.24) is 15.6 Å². The number of carbonyl (C=O) groups is 1. The zero-order chi connectivity index (χ0) is 19.9. The lowest BCUT2D eigenvalue weighted by atomic mass is 10.1. The molecule has 4 rings (SSSR count). The van der Waals surface area contributed by atoms with Gasteiger partial charge < -0.3 is 30.3 Å². The first-order valence-corrected chi connectivity index (χ1v) is 10.0. The van der Waals surface area contributed by atoms with Gasteiger partial charge in [0.05, 0.1) is 31.5 Å². The Hall–Kier alpha value is -2.68. The average Bonchev–Trinajstić information content (AvgIpc) is 2.80. The Labute approximate surface area is 170 Å². The molecule has 2 aromatic rings. The lowest BCUT2D eigenvalue weighted by molar-refractivity contribution is -0.118. The molecule has 1 amide bonds. The van der Waals surface area contributed by atoms with Crippen molar-refractivity contribution in [1.29, 1.82) is 0 Å². The molecule has 8 nitrogen and oxygen atoms in total. The summed E-state index contributed by atoms with van der Waals surface area (Å²) in [6.07, 6.45) is 3.41. The maximum Gasteiger partial charge on any atom is 0.242 e. The summed E-state index contributed by atoms with van der Waals surface area (Å²) >= 11 is 0. The summed E-state index contributed by atoms with van der Waals surface area (Å²) in [4.78, 5) is 18.9. The second kappa shape index (κ2) is 9.69. The molecule has 8 heteroatoms. The van der Waals surface area contributed by atoms with Crippen molar-refractivity contribution in [3.8, 4) is 5.75 Å². The molecule has 1 aromatic heterocycles. The zero-order valence-electron chi connectivity index (χ0n) is 16.3. The van der Waals surface area contributed by atoms with Crippen molar-refractivity contribution in [2.75, 3.05) is 56.2 Å². The Kier molecular flexibility index (Phi) is 6.56. The number of anilines is 2. The number of hydrogen-bond acceptors (Lipinski definition) is 7. The summed E-state index contributed by atoms with van der Waals surface area (Å²) in [5.74, 6) is 0.706. The molecular formula is C21H27N5O3. The van der Waals surface area contributed by atoms with Crippen LogP contribution in [0.5, 0.6) is 5.75 Å². The van der Waals surface area contributed by atoms with Gasteiger partial charge >= 0.3 is 0 Å². The molecular weight excluding hydrogens is 370 g/mol. The standard InChI is InChI=1S/C21H27N5O3/c27-21(25-16-3-5-18(6-4-16)26-8-10-28-11-9-26)20-14-23-17(12-24-20)15-29-19-2-1-7-22-13-19/h1-7,13,17,20,23-24H,8-12,14-15H2,(H,25,27). The highest BCUT2D eigenvalue weighted by atomic mass is 16.5. The van der Waals surface area contributed by atoms with E-state index in [9.17, 15) is 4.79 Å². The number of morpholine rings is 1. The monoisotopic (exact) mass is 397 g/mol. The molecule has 1 aromatic carbocycles. The van der Waals surface area contributed by atoms with Crippen LogP contribution < -0.4 is 25.6 Å². The van der Waals surface area contributed by atoms with Crippen molar-refractivity contribution in [2.24, 2.45) is 0 Å². The molecule has 0 spiro atoms. The van der Waals surface area contributed by atoms with Crippen LogP contribution in [0.2, 0.25) is 0 Å². The van der Waals surface area contributed by atoms with E-state index in [4.69, 9.17) is 9.47 Å². The number of pyridine rings is 1. The number of nitrogens with zero attached hydrogens (tertiary/aromatic N) is 2. The Bertz CT molecular complexity index is 773. The number of piperazine rings is 1. The Balaban J connectivity index is 1.21. The van der Waals surface area contributed by atoms with Crippen LogP contribution >= 0.6 is 0 Å². The molecule has 2 aliphatic rings. The van der Waals surface area contributed by atoms with E-state index in [0.29, 0.717) is 19.7 Å². The summed E-state index contributed by atoms with van der Waals surface area (Å²) in [6.45, 7) is 5.05. The maximum absolute atomic E-state index is 12.6. The highest BCUT2D eigenvalue weighted by Crippen LogP contribution is 2.19. The second-order valence-corrected chi connectivity index (χ2v) is 7.20. The van der Waals surface area contributed by atoms with Gasteiger partial charge in [0.2, 0.25) is 5.91 Å². The van der Waals surface area contributed by atoms with Crippen LogP contribution in [0.25, 0.3) is 0 Å². The van der Waals surface area contributed by atoms with Crippen molar-refractivity contribution in [3.05, 3.63) is 48.8 Å². The molecule has 2 unspecified atom stereocenters. The van der Waals surface area contributed by atoms with Crippen LogP contribution in [0.1, 0.15) is 0 Å². The molecule has 0 bridgehead atoms. The number of hydrogen-bond donors (Lipinski definition) is 3. The molecule has 0 aliphatic carbocycles. The molecule has 2 fully saturated rings. The van der Waals surface area contributed by atoms with E-state index < -0.39 is 0 Å². The SMILES string of the molecule is O=C(Nc1ccc(N2CCOCC2)cc1)C1CNC(COc2cccnc2)CN1. The predicted molar refractivity (Wildman–Crippen MR) is 111 cm³/mol. The lowest BCUT2D eigenvalue weighted by Crippen LogP contribution is -2.60. The number of rotatable bonds is 6. The molecule has 3 heterocycles. The van der Waals surface area contributed by atoms with Crippen molar-refractivity contribution < 1.29 is 14.3 Å². The van der Waals surface area contributed by atoms with E-state index in [0.717, 1.165) is 43.4 Å². The number of carbonyl (C=O) groups excluding carboxylic acids is 1. The number of amides is 1. The third-order valence-electron chi connectivity index (χ3n) is 5.13. The van der Waals surface area contributed by atoms with Crippen molar-refractivity contribution in [2.45, 2.75) is 12.1 Å². The highest BCUT2D eigenvalue weighted by molar-refractivity contribution is 5.95. The topological polar surface area (TPSA) is 87.8 Å². The fourth-order valence-corrected chi connectivity index (χ4v) is 3.45. The normalized spacial score (nSPS) is 22.1. The zero-order valence-corrected chi connectivity index (χ0v) is 16.3. The summed E-state index contributed by atoms with van der Waals surface area (Å²) in [6, 6.07) is 11.6. The molecule has 2 aliphatic heterocycles. The summed E-state index contributed by atoms with van der Waals surface area (Å²) in [5.41, 5.74) is 1.95. The molecule has 2 atom stereocenters. The minimum absolute atomic E-state index is 0.0387. The number of nitrogens with one attached hydrogen (secondary N) is 3. The fraction of sp³-hybridized carbons (Fsp3) is 0.429. The number of aromatic nitrogens is 1. The van der Waals surface area contributed by atoms with Gasteiger partial charge in [-0.15, -0.1) is 0 Å². The third-order valence-corrected chi connectivity index (χ3v) is 5.13. The van der Waals surface area contributed by atoms with Crippen LogP contribution in [0.3, 0.4) is 0 Å². The van der Waals surface area contributed by atoms with Gasteiger partial charge in [0.15, 0.2) is 0 Å². The molecule has 29 heavy (non-hydrogen) atoms. The van der Waals surface area contributed by atoms with Gasteiger partial charge in [-0.1, -0.05) is 0 Å². The van der Waals surface area contributed by atoms with Crippen LogP contribution in [-0.4, -0.2) is 69.0 Å². The molecule has 154 valence electrons. The Morgan fingerprint density at radius 2 is 2.00 bits per heavy atom. The van der Waals surface area contributed by atoms with Gasteiger partial charge in [0, 0.05) is 43.8 Å². The van der Waals surface area contributed by atoms with E-state index >= 15 is 0 Å². The predicted octanol–water partition coefficient (Wildman–Crippen LogP) is 0.866. The minimum Gasteiger partial charge on any atom is -0.490 e. The molecule has 0 radical (unpaired) electrons. The minimum atomic E-state index is -0.274. The number of benzene rings is 1. The van der Waals surface area contributed by atoms with Crippen LogP contribution in [0.15, 0.2) is 48.8 Å². The van der Waals surface area contributed by atoms with E-state index in [1.807, 2.05) is 36.4 Å². The first kappa shape index (κ1) is 19.6. The largest absolute Gasteiger partial charge is 0.490 e. The fourth-order valence-electron chi connectivity index (χ4n) is 3.45. The van der Waals surface area contributed by atoms with Gasteiger partial charge in [-0.25, -0.2) is 0 Å². The molecule has 0 saturated carbocycles. The summed E-state index contributed by atoms with van der Waals surface area (Å²) < 4.78 is 11.1. The van der Waals surface area contributed by atoms with Gasteiger partial charge in [-0.2, -0.15) is 0 Å². The van der Waals surface area contributed by atoms with Crippen LogP contribution in [0.4, 0.5) is 11.4 Å². The first-order chi connectivity index (χ1) is 14.3.